The van der Waals surface area contributed by atoms with E-state index in [1.54, 1.807) is 0 Å². The lowest BCUT2D eigenvalue weighted by atomic mass is 10.1. The van der Waals surface area contributed by atoms with E-state index in [9.17, 15) is 4.79 Å². The lowest BCUT2D eigenvalue weighted by molar-refractivity contribution is -0.132. The Morgan fingerprint density at radius 2 is 2.00 bits per heavy atom. The van der Waals surface area contributed by atoms with E-state index in [4.69, 9.17) is 0 Å². The fourth-order valence-corrected chi connectivity index (χ4v) is 2.74. The van der Waals surface area contributed by atoms with Crippen LogP contribution in [0.4, 0.5) is 0 Å². The number of nitrogens with one attached hydrogen (secondary N) is 1. The van der Waals surface area contributed by atoms with Crippen LogP contribution in [0, 0.1) is 5.92 Å². The van der Waals surface area contributed by atoms with Gasteiger partial charge in [-0.3, -0.25) is 4.79 Å². The Labute approximate surface area is 105 Å². The van der Waals surface area contributed by atoms with Crippen LogP contribution >= 0.6 is 0 Å². The molecule has 1 aliphatic heterocycles. The molecule has 0 radical (unpaired) electrons. The summed E-state index contributed by atoms with van der Waals surface area (Å²) in [5.41, 5.74) is 0. The van der Waals surface area contributed by atoms with E-state index in [1.165, 1.54) is 32.1 Å². The first-order valence-corrected chi connectivity index (χ1v) is 7.25. The average molecular weight is 238 g/mol. The molecule has 3 heteroatoms. The van der Waals surface area contributed by atoms with E-state index >= 15 is 0 Å². The Hall–Kier alpha value is -0.570. The molecule has 17 heavy (non-hydrogen) atoms. The van der Waals surface area contributed by atoms with Crippen LogP contribution in [-0.4, -0.2) is 36.0 Å². The first-order valence-electron chi connectivity index (χ1n) is 7.25. The van der Waals surface area contributed by atoms with E-state index < -0.39 is 0 Å². The highest BCUT2D eigenvalue weighted by Crippen LogP contribution is 2.34. The molecule has 1 aliphatic carbocycles. The topological polar surface area (TPSA) is 32.3 Å². The first kappa shape index (κ1) is 12.9. The molecule has 98 valence electrons. The lowest BCUT2D eigenvalue weighted by Gasteiger charge is -2.25. The summed E-state index contributed by atoms with van der Waals surface area (Å²) in [6, 6.07) is 0.529. The number of carbonyl (C=O) groups is 1. The van der Waals surface area contributed by atoms with Crippen LogP contribution in [0.1, 0.15) is 52.4 Å². The molecule has 1 saturated heterocycles. The van der Waals surface area contributed by atoms with Gasteiger partial charge in [-0.1, -0.05) is 19.8 Å². The summed E-state index contributed by atoms with van der Waals surface area (Å²) in [4.78, 5) is 14.2. The normalized spacial score (nSPS) is 23.8. The molecule has 0 bridgehead atoms. The Morgan fingerprint density at radius 3 is 2.53 bits per heavy atom. The van der Waals surface area contributed by atoms with Gasteiger partial charge in [0.1, 0.15) is 0 Å². The smallest absolute Gasteiger partial charge is 0.239 e. The van der Waals surface area contributed by atoms with Crippen LogP contribution < -0.4 is 5.32 Å². The van der Waals surface area contributed by atoms with Crippen molar-refractivity contribution in [3.8, 4) is 0 Å². The van der Waals surface area contributed by atoms with E-state index in [-0.39, 0.29) is 6.04 Å². The molecule has 2 atom stereocenters. The second kappa shape index (κ2) is 5.85. The SMILES string of the molecule is CCC(CC1CC1)NC(C)C(=O)N1CCCC1. The van der Waals surface area contributed by atoms with Crippen molar-refractivity contribution < 1.29 is 4.79 Å². The zero-order chi connectivity index (χ0) is 12.3. The standard InChI is InChI=1S/C14H26N2O/c1-3-13(10-12-6-7-12)15-11(2)14(17)16-8-4-5-9-16/h11-13,15H,3-10H2,1-2H3. The van der Waals surface area contributed by atoms with Gasteiger partial charge in [-0.05, 0) is 38.5 Å². The molecular weight excluding hydrogens is 212 g/mol. The second-order valence-corrected chi connectivity index (χ2v) is 5.70. The highest BCUT2D eigenvalue weighted by Gasteiger charge is 2.28. The minimum absolute atomic E-state index is 0.00296. The molecular formula is C14H26N2O. The maximum atomic E-state index is 12.2. The van der Waals surface area contributed by atoms with Gasteiger partial charge in [0.25, 0.3) is 0 Å². The summed E-state index contributed by atoms with van der Waals surface area (Å²) in [5.74, 6) is 1.23. The molecule has 1 heterocycles. The van der Waals surface area contributed by atoms with Gasteiger partial charge >= 0.3 is 0 Å². The third-order valence-corrected chi connectivity index (χ3v) is 4.08. The van der Waals surface area contributed by atoms with Gasteiger partial charge in [0.2, 0.25) is 5.91 Å². The molecule has 2 fully saturated rings. The summed E-state index contributed by atoms with van der Waals surface area (Å²) in [6.07, 6.45) is 7.54. The summed E-state index contributed by atoms with van der Waals surface area (Å²) < 4.78 is 0. The summed E-state index contributed by atoms with van der Waals surface area (Å²) in [7, 11) is 0. The predicted molar refractivity (Wildman–Crippen MR) is 69.8 cm³/mol. The molecule has 2 rings (SSSR count). The van der Waals surface area contributed by atoms with Crippen LogP contribution in [0.5, 0.6) is 0 Å². The van der Waals surface area contributed by atoms with Crippen LogP contribution in [0.25, 0.3) is 0 Å². The van der Waals surface area contributed by atoms with Crippen LogP contribution in [0.15, 0.2) is 0 Å². The fraction of sp³-hybridized carbons (Fsp3) is 0.929. The van der Waals surface area contributed by atoms with Gasteiger partial charge in [0, 0.05) is 19.1 Å². The third-order valence-electron chi connectivity index (χ3n) is 4.08. The van der Waals surface area contributed by atoms with Crippen LogP contribution in [0.3, 0.4) is 0 Å². The third kappa shape index (κ3) is 3.70. The number of hydrogen-bond acceptors (Lipinski definition) is 2. The summed E-state index contributed by atoms with van der Waals surface area (Å²) in [6.45, 7) is 6.16. The highest BCUT2D eigenvalue weighted by molar-refractivity contribution is 5.81. The summed E-state index contributed by atoms with van der Waals surface area (Å²) in [5, 5.41) is 3.52. The highest BCUT2D eigenvalue weighted by atomic mass is 16.2. The Kier molecular flexibility index (Phi) is 4.43. The van der Waals surface area contributed by atoms with Crippen molar-refractivity contribution in [2.75, 3.05) is 13.1 Å². The molecule has 1 amide bonds. The molecule has 0 aromatic heterocycles. The minimum atomic E-state index is -0.00296. The number of nitrogens with zero attached hydrogens (tertiary/aromatic N) is 1. The Morgan fingerprint density at radius 1 is 1.35 bits per heavy atom. The number of rotatable bonds is 6. The number of hydrogen-bond donors (Lipinski definition) is 1. The number of likely N-dealkylation sites (tertiary alicyclic amines) is 1. The largest absolute Gasteiger partial charge is 0.341 e. The first-order chi connectivity index (χ1) is 8.20. The molecule has 2 aliphatic rings. The maximum absolute atomic E-state index is 12.2. The van der Waals surface area contributed by atoms with E-state index in [0.29, 0.717) is 11.9 Å². The van der Waals surface area contributed by atoms with E-state index in [0.717, 1.165) is 25.4 Å². The zero-order valence-corrected chi connectivity index (χ0v) is 11.2. The van der Waals surface area contributed by atoms with Crippen LogP contribution in [-0.2, 0) is 4.79 Å². The van der Waals surface area contributed by atoms with Crippen molar-refractivity contribution in [1.29, 1.82) is 0 Å². The fourth-order valence-electron chi connectivity index (χ4n) is 2.74. The van der Waals surface area contributed by atoms with Crippen molar-refractivity contribution in [3.63, 3.8) is 0 Å². The van der Waals surface area contributed by atoms with Gasteiger partial charge < -0.3 is 10.2 Å². The van der Waals surface area contributed by atoms with Gasteiger partial charge in [-0.15, -0.1) is 0 Å². The van der Waals surface area contributed by atoms with E-state index in [1.807, 2.05) is 11.8 Å². The predicted octanol–water partition coefficient (Wildman–Crippen LogP) is 2.17. The minimum Gasteiger partial charge on any atom is -0.341 e. The van der Waals surface area contributed by atoms with Gasteiger partial charge in [-0.2, -0.15) is 0 Å². The Balaban J connectivity index is 1.76. The van der Waals surface area contributed by atoms with E-state index in [2.05, 4.69) is 12.2 Å². The Bertz CT molecular complexity index is 257. The lowest BCUT2D eigenvalue weighted by Crippen LogP contribution is -2.47. The molecule has 1 saturated carbocycles. The molecule has 0 aromatic carbocycles. The van der Waals surface area contributed by atoms with Crippen molar-refractivity contribution in [2.24, 2.45) is 5.92 Å². The number of amides is 1. The van der Waals surface area contributed by atoms with Crippen molar-refractivity contribution in [3.05, 3.63) is 0 Å². The van der Waals surface area contributed by atoms with Crippen molar-refractivity contribution in [2.45, 2.75) is 64.5 Å². The number of carbonyl (C=O) groups excluding carboxylic acids is 1. The average Bonchev–Trinajstić information content (AvgIpc) is 2.97. The second-order valence-electron chi connectivity index (χ2n) is 5.70. The monoisotopic (exact) mass is 238 g/mol. The van der Waals surface area contributed by atoms with Gasteiger partial charge in [0.05, 0.1) is 6.04 Å². The molecule has 1 N–H and O–H groups in total. The molecule has 0 spiro atoms. The molecule has 3 nitrogen and oxygen atoms in total. The van der Waals surface area contributed by atoms with Crippen molar-refractivity contribution >= 4 is 5.91 Å². The molecule has 2 unspecified atom stereocenters. The maximum Gasteiger partial charge on any atom is 0.239 e. The quantitative estimate of drug-likeness (QED) is 0.769. The zero-order valence-electron chi connectivity index (χ0n) is 11.2. The van der Waals surface area contributed by atoms with Gasteiger partial charge in [-0.25, -0.2) is 0 Å². The van der Waals surface area contributed by atoms with Crippen LogP contribution in [0.2, 0.25) is 0 Å². The summed E-state index contributed by atoms with van der Waals surface area (Å²) >= 11 is 0. The molecule has 0 aromatic rings. The van der Waals surface area contributed by atoms with Crippen molar-refractivity contribution in [1.82, 2.24) is 10.2 Å². The van der Waals surface area contributed by atoms with Gasteiger partial charge in [0.15, 0.2) is 0 Å².